The number of aromatic nitrogens is 1. The van der Waals surface area contributed by atoms with Gasteiger partial charge in [-0.1, -0.05) is 0 Å². The van der Waals surface area contributed by atoms with Gasteiger partial charge in [-0.05, 0) is 26.0 Å². The summed E-state index contributed by atoms with van der Waals surface area (Å²) in [6.45, 7) is 3.51. The first-order chi connectivity index (χ1) is 6.91. The molecule has 0 aliphatic heterocycles. The molecule has 0 fully saturated rings. The molecule has 0 aliphatic carbocycles. The van der Waals surface area contributed by atoms with E-state index < -0.39 is 16.8 Å². The lowest BCUT2D eigenvalue weighted by Crippen LogP contribution is -2.44. The number of hydrogen-bond donors (Lipinski definition) is 3. The Kier molecular flexibility index (Phi) is 3.57. The maximum Gasteiger partial charge on any atom is 0.327 e. The molecular weight excluding hydrogens is 212 g/mol. The van der Waals surface area contributed by atoms with Gasteiger partial charge in [-0.2, -0.15) is 12.6 Å². The van der Waals surface area contributed by atoms with E-state index in [4.69, 9.17) is 5.11 Å². The Morgan fingerprint density at radius 3 is 2.47 bits per heavy atom. The highest BCUT2D eigenvalue weighted by Crippen LogP contribution is 2.21. The zero-order chi connectivity index (χ0) is 11.5. The van der Waals surface area contributed by atoms with Crippen molar-refractivity contribution < 1.29 is 9.90 Å². The summed E-state index contributed by atoms with van der Waals surface area (Å²) in [7, 11) is 0. The molecule has 1 aromatic rings. The quantitative estimate of drug-likeness (QED) is 0.683. The van der Waals surface area contributed by atoms with E-state index >= 15 is 0 Å². The van der Waals surface area contributed by atoms with Crippen LogP contribution in [0.25, 0.3) is 0 Å². The van der Waals surface area contributed by atoms with Crippen molar-refractivity contribution in [3.63, 3.8) is 0 Å². The van der Waals surface area contributed by atoms with E-state index in [1.54, 1.807) is 38.4 Å². The topological polar surface area (TPSA) is 62.2 Å². The summed E-state index contributed by atoms with van der Waals surface area (Å²) in [5.41, 5.74) is 0.722. The van der Waals surface area contributed by atoms with Gasteiger partial charge in [0.25, 0.3) is 0 Å². The van der Waals surface area contributed by atoms with Crippen LogP contribution in [0.2, 0.25) is 0 Å². The van der Waals surface area contributed by atoms with Crippen molar-refractivity contribution in [2.24, 2.45) is 0 Å². The molecule has 1 aromatic heterocycles. The third-order valence-corrected chi connectivity index (χ3v) is 2.20. The van der Waals surface area contributed by atoms with Crippen LogP contribution in [0.1, 0.15) is 13.8 Å². The van der Waals surface area contributed by atoms with E-state index in [1.807, 2.05) is 0 Å². The van der Waals surface area contributed by atoms with Crippen molar-refractivity contribution in [2.75, 3.05) is 5.32 Å². The van der Waals surface area contributed by atoms with Crippen LogP contribution < -0.4 is 5.32 Å². The van der Waals surface area contributed by atoms with Crippen LogP contribution in [0.5, 0.6) is 0 Å². The van der Waals surface area contributed by atoms with Crippen LogP contribution in [-0.4, -0.2) is 26.8 Å². The third kappa shape index (κ3) is 3.43. The molecule has 0 saturated carbocycles. The maximum absolute atomic E-state index is 11.0. The minimum atomic E-state index is -0.924. The molecular formula is C10H14N2O2S. The average Bonchev–Trinajstić information content (AvgIpc) is 2.13. The largest absolute Gasteiger partial charge is 0.480 e. The minimum Gasteiger partial charge on any atom is -0.480 e. The Balaban J connectivity index is 2.82. The molecule has 0 spiro atoms. The summed E-state index contributed by atoms with van der Waals surface area (Å²) in [4.78, 5) is 14.9. The van der Waals surface area contributed by atoms with Crippen LogP contribution in [-0.2, 0) is 4.79 Å². The molecule has 2 N–H and O–H groups in total. The lowest BCUT2D eigenvalue weighted by molar-refractivity contribution is -0.138. The van der Waals surface area contributed by atoms with Crippen molar-refractivity contribution in [3.8, 4) is 0 Å². The van der Waals surface area contributed by atoms with E-state index in [2.05, 4.69) is 22.9 Å². The number of aliphatic carboxylic acids is 1. The Hall–Kier alpha value is -1.23. The third-order valence-electron chi connectivity index (χ3n) is 1.94. The first kappa shape index (κ1) is 11.8. The van der Waals surface area contributed by atoms with Gasteiger partial charge in [0, 0.05) is 22.8 Å². The van der Waals surface area contributed by atoms with Gasteiger partial charge in [-0.15, -0.1) is 0 Å². The van der Waals surface area contributed by atoms with Crippen LogP contribution in [0, 0.1) is 0 Å². The summed E-state index contributed by atoms with van der Waals surface area (Å²) < 4.78 is -0.644. The van der Waals surface area contributed by atoms with Crippen LogP contribution in [0.15, 0.2) is 24.5 Å². The maximum atomic E-state index is 11.0. The summed E-state index contributed by atoms with van der Waals surface area (Å²) >= 11 is 4.26. The monoisotopic (exact) mass is 226 g/mol. The molecule has 0 amide bonds. The first-order valence-electron chi connectivity index (χ1n) is 4.53. The molecule has 0 aromatic carbocycles. The number of nitrogens with zero attached hydrogens (tertiary/aromatic N) is 1. The van der Waals surface area contributed by atoms with Crippen molar-refractivity contribution in [1.82, 2.24) is 4.98 Å². The average molecular weight is 226 g/mol. The number of carbonyl (C=O) groups is 1. The zero-order valence-corrected chi connectivity index (χ0v) is 9.53. The highest BCUT2D eigenvalue weighted by atomic mass is 32.1. The minimum absolute atomic E-state index is 0.644. The van der Waals surface area contributed by atoms with Gasteiger partial charge in [-0.25, -0.2) is 4.79 Å². The van der Waals surface area contributed by atoms with Crippen LogP contribution in [0.3, 0.4) is 0 Å². The fourth-order valence-electron chi connectivity index (χ4n) is 1.16. The van der Waals surface area contributed by atoms with Gasteiger partial charge < -0.3 is 10.4 Å². The lowest BCUT2D eigenvalue weighted by Gasteiger charge is -2.27. The predicted molar refractivity (Wildman–Crippen MR) is 62.3 cm³/mol. The van der Waals surface area contributed by atoms with E-state index in [0.717, 1.165) is 5.69 Å². The summed E-state index contributed by atoms with van der Waals surface area (Å²) in [6.07, 6.45) is 3.21. The second-order valence-corrected chi connectivity index (χ2v) is 4.96. The van der Waals surface area contributed by atoms with Crippen molar-refractivity contribution in [3.05, 3.63) is 24.5 Å². The van der Waals surface area contributed by atoms with E-state index in [9.17, 15) is 4.79 Å². The molecule has 1 rings (SSSR count). The molecule has 0 saturated heterocycles. The summed E-state index contributed by atoms with van der Waals surface area (Å²) in [6, 6.07) is 2.69. The lowest BCUT2D eigenvalue weighted by atomic mass is 10.0. The van der Waals surface area contributed by atoms with Crippen LogP contribution >= 0.6 is 12.6 Å². The molecule has 0 aliphatic rings. The van der Waals surface area contributed by atoms with Gasteiger partial charge in [0.15, 0.2) is 0 Å². The molecule has 0 radical (unpaired) electrons. The number of hydrogen-bond acceptors (Lipinski definition) is 4. The number of carboxylic acids is 1. The summed E-state index contributed by atoms with van der Waals surface area (Å²) in [5.74, 6) is -0.924. The molecule has 82 valence electrons. The number of carboxylic acid groups (broad SMARTS) is 1. The van der Waals surface area contributed by atoms with Gasteiger partial charge in [0.05, 0.1) is 0 Å². The standard InChI is InChI=1S/C10H14N2O2S/c1-10(2,15)8(9(13)14)12-7-3-5-11-6-4-7/h3-6,8,15H,1-2H3,(H,11,12)(H,13,14)/t8-/m0/s1. The van der Waals surface area contributed by atoms with Crippen molar-refractivity contribution in [2.45, 2.75) is 24.6 Å². The van der Waals surface area contributed by atoms with Crippen LogP contribution in [0.4, 0.5) is 5.69 Å². The summed E-state index contributed by atoms with van der Waals surface area (Å²) in [5, 5.41) is 11.9. The fraction of sp³-hybridized carbons (Fsp3) is 0.400. The molecule has 4 nitrogen and oxygen atoms in total. The Morgan fingerprint density at radius 1 is 1.53 bits per heavy atom. The molecule has 0 bridgehead atoms. The van der Waals surface area contributed by atoms with Crippen molar-refractivity contribution in [1.29, 1.82) is 0 Å². The number of pyridine rings is 1. The van der Waals surface area contributed by atoms with Gasteiger partial charge in [-0.3, -0.25) is 4.98 Å². The molecule has 0 unspecified atom stereocenters. The van der Waals surface area contributed by atoms with Gasteiger partial charge in [0.1, 0.15) is 6.04 Å². The first-order valence-corrected chi connectivity index (χ1v) is 4.97. The highest BCUT2D eigenvalue weighted by molar-refractivity contribution is 7.81. The number of anilines is 1. The Morgan fingerprint density at radius 2 is 2.07 bits per heavy atom. The number of nitrogens with one attached hydrogen (secondary N) is 1. The van der Waals surface area contributed by atoms with E-state index in [0.29, 0.717) is 0 Å². The fourth-order valence-corrected chi connectivity index (χ4v) is 1.33. The Labute approximate surface area is 94.1 Å². The van der Waals surface area contributed by atoms with E-state index in [1.165, 1.54) is 0 Å². The molecule has 1 heterocycles. The smallest absolute Gasteiger partial charge is 0.327 e. The van der Waals surface area contributed by atoms with Gasteiger partial charge in [0.2, 0.25) is 0 Å². The Bertz CT molecular complexity index is 335. The van der Waals surface area contributed by atoms with Gasteiger partial charge >= 0.3 is 5.97 Å². The molecule has 1 atom stereocenters. The highest BCUT2D eigenvalue weighted by Gasteiger charge is 2.31. The normalized spacial score (nSPS) is 13.3. The second-order valence-electron chi connectivity index (χ2n) is 3.81. The number of rotatable bonds is 4. The number of thiol groups is 1. The van der Waals surface area contributed by atoms with E-state index in [-0.39, 0.29) is 0 Å². The predicted octanol–water partition coefficient (Wildman–Crippen LogP) is 1.66. The molecule has 15 heavy (non-hydrogen) atoms. The second kappa shape index (κ2) is 4.53. The SMILES string of the molecule is CC(C)(S)[C@@H](Nc1ccncc1)C(=O)O. The zero-order valence-electron chi connectivity index (χ0n) is 8.64. The van der Waals surface area contributed by atoms with Crippen molar-refractivity contribution >= 4 is 24.3 Å². The molecule has 5 heteroatoms.